The Kier molecular flexibility index (Phi) is 6.37. The lowest BCUT2D eigenvalue weighted by atomic mass is 10.2. The number of anilines is 1. The van der Waals surface area contributed by atoms with E-state index >= 15 is 0 Å². The Morgan fingerprint density at radius 3 is 2.43 bits per heavy atom. The minimum atomic E-state index is -3.49. The maximum Gasteiger partial charge on any atom is 0.243 e. The lowest BCUT2D eigenvalue weighted by molar-refractivity contribution is 0.423. The summed E-state index contributed by atoms with van der Waals surface area (Å²) in [7, 11) is -3.49. The molecule has 0 saturated carbocycles. The molecule has 1 fully saturated rings. The van der Waals surface area contributed by atoms with Gasteiger partial charge in [0.1, 0.15) is 6.07 Å². The van der Waals surface area contributed by atoms with Crippen LogP contribution in [-0.4, -0.2) is 36.8 Å². The van der Waals surface area contributed by atoms with Gasteiger partial charge in [-0.25, -0.2) is 8.42 Å². The van der Waals surface area contributed by atoms with E-state index < -0.39 is 10.0 Å². The molecule has 0 radical (unpaired) electrons. The van der Waals surface area contributed by atoms with Crippen molar-refractivity contribution in [3.05, 3.63) is 30.0 Å². The summed E-state index contributed by atoms with van der Waals surface area (Å²) < 4.78 is 33.1. The van der Waals surface area contributed by atoms with Crippen LogP contribution >= 0.6 is 0 Å². The first kappa shape index (κ1) is 20.4. The molecule has 2 aromatic rings. The molecule has 1 aliphatic rings. The molecule has 0 amide bonds. The number of nitrogens with zero attached hydrogens (tertiary/aromatic N) is 3. The normalized spacial score (nSPS) is 16.9. The van der Waals surface area contributed by atoms with Crippen molar-refractivity contribution in [2.75, 3.05) is 18.4 Å². The third-order valence-electron chi connectivity index (χ3n) is 5.03. The van der Waals surface area contributed by atoms with E-state index in [1.807, 2.05) is 19.9 Å². The van der Waals surface area contributed by atoms with Gasteiger partial charge in [0, 0.05) is 24.7 Å². The first-order chi connectivity index (χ1) is 13.5. The summed E-state index contributed by atoms with van der Waals surface area (Å²) in [5, 5.41) is 12.4. The molecule has 28 heavy (non-hydrogen) atoms. The maximum absolute atomic E-state index is 12.9. The van der Waals surface area contributed by atoms with Gasteiger partial charge in [0.25, 0.3) is 0 Å². The number of benzene rings is 1. The van der Waals surface area contributed by atoms with Gasteiger partial charge in [-0.15, -0.1) is 0 Å². The SMILES string of the molecule is CCC(C)Nc1oc(-c2ccc(S(=O)(=O)N3CCCCCC3)cc2)nc1C#N. The van der Waals surface area contributed by atoms with E-state index in [0.717, 1.165) is 32.1 Å². The standard InChI is InChI=1S/C20H26N4O3S/c1-3-15(2)22-20-18(14-21)23-19(27-20)16-8-10-17(11-9-16)28(25,26)24-12-6-4-5-7-13-24/h8-11,15,22H,3-7,12-13H2,1-2H3. The molecule has 3 rings (SSSR count). The van der Waals surface area contributed by atoms with Crippen molar-refractivity contribution in [2.45, 2.75) is 56.9 Å². The molecule has 1 aromatic heterocycles. The van der Waals surface area contributed by atoms with E-state index in [-0.39, 0.29) is 16.6 Å². The second-order valence-corrected chi connectivity index (χ2v) is 9.04. The van der Waals surface area contributed by atoms with Crippen LogP contribution in [0.15, 0.2) is 33.6 Å². The Balaban J connectivity index is 1.83. The minimum absolute atomic E-state index is 0.147. The molecule has 1 atom stereocenters. The van der Waals surface area contributed by atoms with E-state index in [1.54, 1.807) is 28.6 Å². The number of aromatic nitrogens is 1. The molecule has 1 saturated heterocycles. The van der Waals surface area contributed by atoms with E-state index in [2.05, 4.69) is 10.3 Å². The zero-order valence-corrected chi connectivity index (χ0v) is 17.1. The molecule has 7 nitrogen and oxygen atoms in total. The molecule has 8 heteroatoms. The minimum Gasteiger partial charge on any atom is -0.419 e. The zero-order valence-electron chi connectivity index (χ0n) is 16.3. The highest BCUT2D eigenvalue weighted by atomic mass is 32.2. The van der Waals surface area contributed by atoms with E-state index in [1.165, 1.54) is 0 Å². The van der Waals surface area contributed by atoms with Crippen molar-refractivity contribution in [1.82, 2.24) is 9.29 Å². The maximum atomic E-state index is 12.9. The Morgan fingerprint density at radius 1 is 1.21 bits per heavy atom. The fourth-order valence-electron chi connectivity index (χ4n) is 3.14. The van der Waals surface area contributed by atoms with Gasteiger partial charge in [-0.1, -0.05) is 19.8 Å². The molecule has 0 aliphatic carbocycles. The number of oxazole rings is 1. The van der Waals surface area contributed by atoms with Crippen LogP contribution in [0.4, 0.5) is 5.88 Å². The van der Waals surface area contributed by atoms with Crippen molar-refractivity contribution in [1.29, 1.82) is 5.26 Å². The van der Waals surface area contributed by atoms with E-state index in [0.29, 0.717) is 30.4 Å². The molecule has 1 aromatic carbocycles. The van der Waals surface area contributed by atoms with Gasteiger partial charge in [0.15, 0.2) is 0 Å². The largest absolute Gasteiger partial charge is 0.419 e. The smallest absolute Gasteiger partial charge is 0.243 e. The summed E-state index contributed by atoms with van der Waals surface area (Å²) in [5.74, 6) is 0.634. The summed E-state index contributed by atoms with van der Waals surface area (Å²) in [6, 6.07) is 8.67. The van der Waals surface area contributed by atoms with Gasteiger partial charge < -0.3 is 9.73 Å². The summed E-state index contributed by atoms with van der Waals surface area (Å²) >= 11 is 0. The van der Waals surface area contributed by atoms with Crippen molar-refractivity contribution in [3.63, 3.8) is 0 Å². The average Bonchev–Trinajstić information content (AvgIpc) is 2.91. The monoisotopic (exact) mass is 402 g/mol. The van der Waals surface area contributed by atoms with Crippen LogP contribution in [0.1, 0.15) is 51.6 Å². The lowest BCUT2D eigenvalue weighted by Crippen LogP contribution is -2.31. The number of sulfonamides is 1. The van der Waals surface area contributed by atoms with Crippen molar-refractivity contribution in [3.8, 4) is 17.5 Å². The number of rotatable bonds is 6. The zero-order chi connectivity index (χ0) is 20.1. The van der Waals surface area contributed by atoms with Gasteiger partial charge in [0.2, 0.25) is 27.5 Å². The molecule has 1 aliphatic heterocycles. The van der Waals surface area contributed by atoms with Crippen LogP contribution in [-0.2, 0) is 10.0 Å². The molecular weight excluding hydrogens is 376 g/mol. The predicted octanol–water partition coefficient (Wildman–Crippen LogP) is 3.99. The van der Waals surface area contributed by atoms with Crippen LogP contribution < -0.4 is 5.32 Å². The van der Waals surface area contributed by atoms with Crippen LogP contribution in [0.25, 0.3) is 11.5 Å². The number of nitriles is 1. The highest BCUT2D eigenvalue weighted by Gasteiger charge is 2.25. The van der Waals surface area contributed by atoms with Gasteiger partial charge >= 0.3 is 0 Å². The molecule has 1 unspecified atom stereocenters. The molecular formula is C20H26N4O3S. The lowest BCUT2D eigenvalue weighted by Gasteiger charge is -2.19. The van der Waals surface area contributed by atoms with Crippen molar-refractivity contribution >= 4 is 15.9 Å². The Hall–Kier alpha value is -2.37. The number of hydrogen-bond donors (Lipinski definition) is 1. The Labute approximate surface area is 166 Å². The predicted molar refractivity (Wildman–Crippen MR) is 107 cm³/mol. The van der Waals surface area contributed by atoms with E-state index in [9.17, 15) is 13.7 Å². The van der Waals surface area contributed by atoms with Crippen molar-refractivity contribution < 1.29 is 12.8 Å². The third-order valence-corrected chi connectivity index (χ3v) is 6.94. The summed E-state index contributed by atoms with van der Waals surface area (Å²) in [5.41, 5.74) is 0.820. The first-order valence-corrected chi connectivity index (χ1v) is 11.2. The third kappa shape index (κ3) is 4.37. The summed E-state index contributed by atoms with van der Waals surface area (Å²) in [6.45, 7) is 5.16. The van der Waals surface area contributed by atoms with Gasteiger partial charge in [-0.2, -0.15) is 14.6 Å². The topological polar surface area (TPSA) is 99.2 Å². The fourth-order valence-corrected chi connectivity index (χ4v) is 4.66. The van der Waals surface area contributed by atoms with E-state index in [4.69, 9.17) is 4.42 Å². The second kappa shape index (κ2) is 8.76. The van der Waals surface area contributed by atoms with Crippen LogP contribution in [0.5, 0.6) is 0 Å². The van der Waals surface area contributed by atoms with Crippen LogP contribution in [0.3, 0.4) is 0 Å². The second-order valence-electron chi connectivity index (χ2n) is 7.10. The fraction of sp³-hybridized carbons (Fsp3) is 0.500. The molecule has 1 N–H and O–H groups in total. The molecule has 2 heterocycles. The quantitative estimate of drug-likeness (QED) is 0.784. The highest BCUT2D eigenvalue weighted by Crippen LogP contribution is 2.28. The van der Waals surface area contributed by atoms with Gasteiger partial charge in [-0.3, -0.25) is 0 Å². The van der Waals surface area contributed by atoms with Gasteiger partial charge in [0.05, 0.1) is 4.90 Å². The molecule has 0 spiro atoms. The molecule has 150 valence electrons. The number of nitrogens with one attached hydrogen (secondary N) is 1. The summed E-state index contributed by atoms with van der Waals surface area (Å²) in [4.78, 5) is 4.50. The average molecular weight is 403 g/mol. The highest BCUT2D eigenvalue weighted by molar-refractivity contribution is 7.89. The summed E-state index contributed by atoms with van der Waals surface area (Å²) in [6.07, 6.45) is 4.82. The van der Waals surface area contributed by atoms with Crippen LogP contribution in [0.2, 0.25) is 0 Å². The molecule has 0 bridgehead atoms. The Morgan fingerprint density at radius 2 is 1.86 bits per heavy atom. The first-order valence-electron chi connectivity index (χ1n) is 9.73. The van der Waals surface area contributed by atoms with Crippen molar-refractivity contribution in [2.24, 2.45) is 0 Å². The van der Waals surface area contributed by atoms with Crippen LogP contribution in [0, 0.1) is 11.3 Å². The number of hydrogen-bond acceptors (Lipinski definition) is 6. The Bertz CT molecular complexity index is 937. The van der Waals surface area contributed by atoms with Gasteiger partial charge in [-0.05, 0) is 50.5 Å².